The lowest BCUT2D eigenvalue weighted by Crippen LogP contribution is -2.54. The largest absolute Gasteiger partial charge is 0.480 e. The zero-order valence-electron chi connectivity index (χ0n) is 10.2. The molecule has 0 spiro atoms. The Balaban J connectivity index is 2.36. The molecule has 0 radical (unpaired) electrons. The van der Waals surface area contributed by atoms with Crippen LogP contribution in [0.15, 0.2) is 24.3 Å². The topological polar surface area (TPSA) is 49.8 Å². The molecule has 1 aliphatic heterocycles. The van der Waals surface area contributed by atoms with Crippen LogP contribution >= 0.6 is 22.6 Å². The minimum absolute atomic E-state index is 0.591. The summed E-state index contributed by atoms with van der Waals surface area (Å²) >= 11 is 2.22. The van der Waals surface area contributed by atoms with Gasteiger partial charge < -0.3 is 9.84 Å². The zero-order valence-corrected chi connectivity index (χ0v) is 12.4. The van der Waals surface area contributed by atoms with Crippen molar-refractivity contribution < 1.29 is 14.6 Å². The summed E-state index contributed by atoms with van der Waals surface area (Å²) in [5.74, 6) is -0.814. The summed E-state index contributed by atoms with van der Waals surface area (Å²) in [5.41, 5.74) is -0.161. The van der Waals surface area contributed by atoms with E-state index in [2.05, 4.69) is 22.6 Å². The Morgan fingerprint density at radius 1 is 1.33 bits per heavy atom. The maximum atomic E-state index is 11.7. The van der Waals surface area contributed by atoms with Gasteiger partial charge in [-0.25, -0.2) is 4.79 Å². The van der Waals surface area contributed by atoms with Crippen LogP contribution in [0.1, 0.15) is 12.5 Å². The highest BCUT2D eigenvalue weighted by Crippen LogP contribution is 2.30. The Labute approximate surface area is 120 Å². The van der Waals surface area contributed by atoms with E-state index in [0.717, 1.165) is 9.13 Å². The number of carbonyl (C=O) groups is 1. The first-order chi connectivity index (χ1) is 8.55. The van der Waals surface area contributed by atoms with Crippen LogP contribution in [0.5, 0.6) is 0 Å². The third-order valence-corrected chi connectivity index (χ3v) is 4.19. The van der Waals surface area contributed by atoms with Gasteiger partial charge in [-0.1, -0.05) is 12.1 Å². The van der Waals surface area contributed by atoms with E-state index in [-0.39, 0.29) is 0 Å². The third kappa shape index (κ3) is 2.53. The molecule has 4 nitrogen and oxygen atoms in total. The monoisotopic (exact) mass is 361 g/mol. The Kier molecular flexibility index (Phi) is 4.24. The van der Waals surface area contributed by atoms with Crippen molar-refractivity contribution in [3.63, 3.8) is 0 Å². The van der Waals surface area contributed by atoms with Gasteiger partial charge in [0.05, 0.1) is 13.2 Å². The first kappa shape index (κ1) is 13.8. The first-order valence-electron chi connectivity index (χ1n) is 5.87. The van der Waals surface area contributed by atoms with Crippen molar-refractivity contribution in [2.24, 2.45) is 0 Å². The minimum atomic E-state index is -0.978. The minimum Gasteiger partial charge on any atom is -0.480 e. The van der Waals surface area contributed by atoms with E-state index in [1.807, 2.05) is 29.2 Å². The van der Waals surface area contributed by atoms with Gasteiger partial charge >= 0.3 is 5.97 Å². The number of hydrogen-bond acceptors (Lipinski definition) is 3. The number of carboxylic acid groups (broad SMARTS) is 1. The van der Waals surface area contributed by atoms with Crippen molar-refractivity contribution in [3.8, 4) is 0 Å². The summed E-state index contributed by atoms with van der Waals surface area (Å²) < 4.78 is 6.40. The molecule has 5 heteroatoms. The molecule has 1 unspecified atom stereocenters. The lowest BCUT2D eigenvalue weighted by molar-refractivity contribution is -0.154. The van der Waals surface area contributed by atoms with Crippen LogP contribution in [-0.4, -0.2) is 42.3 Å². The SMILES string of the molecule is CC(C(=O)O)(c1ccc(I)cc1)N1CCOCC1. The molecule has 98 valence electrons. The van der Waals surface area contributed by atoms with Gasteiger partial charge in [-0.3, -0.25) is 4.90 Å². The highest BCUT2D eigenvalue weighted by atomic mass is 127. The standard InChI is InChI=1S/C13H16INO3/c1-13(12(16)17,15-6-8-18-9-7-15)10-2-4-11(14)5-3-10/h2-5H,6-9H2,1H3,(H,16,17). The molecule has 1 heterocycles. The summed E-state index contributed by atoms with van der Waals surface area (Å²) in [7, 11) is 0. The van der Waals surface area contributed by atoms with E-state index in [4.69, 9.17) is 4.74 Å². The smallest absolute Gasteiger partial charge is 0.328 e. The second-order valence-electron chi connectivity index (χ2n) is 4.48. The maximum Gasteiger partial charge on any atom is 0.328 e. The van der Waals surface area contributed by atoms with Gasteiger partial charge in [-0.05, 0) is 47.2 Å². The van der Waals surface area contributed by atoms with Gasteiger partial charge in [0, 0.05) is 16.7 Å². The molecule has 1 fully saturated rings. The van der Waals surface area contributed by atoms with E-state index in [1.54, 1.807) is 6.92 Å². The predicted molar refractivity (Wildman–Crippen MR) is 76.5 cm³/mol. The number of rotatable bonds is 3. The Morgan fingerprint density at radius 2 is 1.89 bits per heavy atom. The van der Waals surface area contributed by atoms with Crippen molar-refractivity contribution >= 4 is 28.6 Å². The third-order valence-electron chi connectivity index (χ3n) is 3.47. The molecule has 2 rings (SSSR count). The molecule has 1 aromatic carbocycles. The summed E-state index contributed by atoms with van der Waals surface area (Å²) in [5, 5.41) is 9.62. The molecule has 0 saturated carbocycles. The molecular formula is C13H16INO3. The molecule has 0 bridgehead atoms. The maximum absolute atomic E-state index is 11.7. The van der Waals surface area contributed by atoms with E-state index >= 15 is 0 Å². The summed E-state index contributed by atoms with van der Waals surface area (Å²) in [4.78, 5) is 13.7. The second-order valence-corrected chi connectivity index (χ2v) is 5.73. The fourth-order valence-electron chi connectivity index (χ4n) is 2.23. The van der Waals surface area contributed by atoms with Crippen LogP contribution in [0.2, 0.25) is 0 Å². The van der Waals surface area contributed by atoms with E-state index in [1.165, 1.54) is 0 Å². The van der Waals surface area contributed by atoms with Crippen molar-refractivity contribution in [2.75, 3.05) is 26.3 Å². The number of hydrogen-bond donors (Lipinski definition) is 1. The number of ether oxygens (including phenoxy) is 1. The van der Waals surface area contributed by atoms with E-state index in [0.29, 0.717) is 26.3 Å². The number of nitrogens with zero attached hydrogens (tertiary/aromatic N) is 1. The van der Waals surface area contributed by atoms with E-state index < -0.39 is 11.5 Å². The number of morpholine rings is 1. The van der Waals surface area contributed by atoms with Crippen LogP contribution in [-0.2, 0) is 15.1 Å². The molecular weight excluding hydrogens is 345 g/mol. The first-order valence-corrected chi connectivity index (χ1v) is 6.95. The Bertz CT molecular complexity index is 428. The molecule has 1 atom stereocenters. The normalized spacial score (nSPS) is 20.3. The predicted octanol–water partition coefficient (Wildman–Crippen LogP) is 1.92. The average Bonchev–Trinajstić information content (AvgIpc) is 2.39. The van der Waals surface area contributed by atoms with Crippen molar-refractivity contribution in [2.45, 2.75) is 12.5 Å². The highest BCUT2D eigenvalue weighted by molar-refractivity contribution is 14.1. The lowest BCUT2D eigenvalue weighted by atomic mass is 9.89. The molecule has 1 saturated heterocycles. The van der Waals surface area contributed by atoms with Crippen molar-refractivity contribution in [1.82, 2.24) is 4.90 Å². The Hall–Kier alpha value is -0.660. The quantitative estimate of drug-likeness (QED) is 0.836. The molecule has 1 aliphatic rings. The van der Waals surface area contributed by atoms with Gasteiger partial charge in [0.25, 0.3) is 0 Å². The van der Waals surface area contributed by atoms with Gasteiger partial charge in [-0.2, -0.15) is 0 Å². The molecule has 0 aliphatic carbocycles. The average molecular weight is 361 g/mol. The van der Waals surface area contributed by atoms with Crippen LogP contribution in [0.25, 0.3) is 0 Å². The summed E-state index contributed by atoms with van der Waals surface area (Å²) in [6.45, 7) is 4.24. The lowest BCUT2D eigenvalue weighted by Gasteiger charge is -2.40. The second kappa shape index (κ2) is 5.54. The molecule has 0 aromatic heterocycles. The van der Waals surface area contributed by atoms with Gasteiger partial charge in [0.15, 0.2) is 0 Å². The van der Waals surface area contributed by atoms with Gasteiger partial charge in [0.1, 0.15) is 5.54 Å². The van der Waals surface area contributed by atoms with Gasteiger partial charge in [0.2, 0.25) is 0 Å². The molecule has 18 heavy (non-hydrogen) atoms. The fourth-order valence-corrected chi connectivity index (χ4v) is 2.59. The Morgan fingerprint density at radius 3 is 2.39 bits per heavy atom. The van der Waals surface area contributed by atoms with E-state index in [9.17, 15) is 9.90 Å². The zero-order chi connectivity index (χ0) is 13.2. The highest BCUT2D eigenvalue weighted by Gasteiger charge is 2.41. The number of carboxylic acids is 1. The summed E-state index contributed by atoms with van der Waals surface area (Å²) in [6, 6.07) is 7.67. The number of aliphatic carboxylic acids is 1. The fraction of sp³-hybridized carbons (Fsp3) is 0.462. The number of benzene rings is 1. The van der Waals surface area contributed by atoms with Crippen LogP contribution in [0, 0.1) is 3.57 Å². The van der Waals surface area contributed by atoms with Gasteiger partial charge in [-0.15, -0.1) is 0 Å². The molecule has 0 amide bonds. The van der Waals surface area contributed by atoms with Crippen LogP contribution < -0.4 is 0 Å². The molecule has 1 aromatic rings. The molecule has 1 N–H and O–H groups in total. The van der Waals surface area contributed by atoms with Crippen LogP contribution in [0.3, 0.4) is 0 Å². The van der Waals surface area contributed by atoms with Crippen LogP contribution in [0.4, 0.5) is 0 Å². The van der Waals surface area contributed by atoms with Crippen molar-refractivity contribution in [1.29, 1.82) is 0 Å². The summed E-state index contributed by atoms with van der Waals surface area (Å²) in [6.07, 6.45) is 0. The van der Waals surface area contributed by atoms with Crippen molar-refractivity contribution in [3.05, 3.63) is 33.4 Å². The number of halogens is 1.